The van der Waals surface area contributed by atoms with Gasteiger partial charge in [0.05, 0.1) is 10.6 Å². The molecule has 0 bridgehead atoms. The highest BCUT2D eigenvalue weighted by Crippen LogP contribution is 2.20. The fourth-order valence-electron chi connectivity index (χ4n) is 2.18. The zero-order valence-corrected chi connectivity index (χ0v) is 14.5. The number of rotatable bonds is 8. The number of anilines is 1. The molecule has 0 spiro atoms. The van der Waals surface area contributed by atoms with Gasteiger partial charge in [-0.15, -0.1) is 23.2 Å². The van der Waals surface area contributed by atoms with E-state index in [2.05, 4.69) is 9.89 Å². The number of halogens is 2. The number of nitro benzene ring substituents is 1. The van der Waals surface area contributed by atoms with Crippen LogP contribution in [0.25, 0.3) is 0 Å². The summed E-state index contributed by atoms with van der Waals surface area (Å²) in [6.45, 7) is 1.46. The van der Waals surface area contributed by atoms with Crippen LogP contribution in [0.15, 0.2) is 53.5 Å². The first-order valence-electron chi connectivity index (χ1n) is 7.39. The van der Waals surface area contributed by atoms with Crippen molar-refractivity contribution < 1.29 is 4.92 Å². The molecule has 7 heteroatoms. The van der Waals surface area contributed by atoms with E-state index in [0.29, 0.717) is 17.4 Å². The molecule has 126 valence electrons. The summed E-state index contributed by atoms with van der Waals surface area (Å²) >= 11 is 11.6. The van der Waals surface area contributed by atoms with Crippen molar-refractivity contribution in [3.63, 3.8) is 0 Å². The summed E-state index contributed by atoms with van der Waals surface area (Å²) in [6, 6.07) is 14.0. The fourth-order valence-corrected chi connectivity index (χ4v) is 2.59. The van der Waals surface area contributed by atoms with E-state index in [9.17, 15) is 10.1 Å². The summed E-state index contributed by atoms with van der Waals surface area (Å²) in [6.07, 6.45) is 1.68. The Morgan fingerprint density at radius 1 is 1.08 bits per heavy atom. The fraction of sp³-hybridized carbons (Fsp3) is 0.235. The molecule has 0 radical (unpaired) electrons. The highest BCUT2D eigenvalue weighted by atomic mass is 35.5. The van der Waals surface area contributed by atoms with Gasteiger partial charge < -0.3 is 4.90 Å². The molecule has 0 saturated carbocycles. The maximum Gasteiger partial charge on any atom is 0.271 e. The molecule has 2 aromatic carbocycles. The Kier molecular flexibility index (Phi) is 7.03. The van der Waals surface area contributed by atoms with Gasteiger partial charge in [0.15, 0.2) is 0 Å². The largest absolute Gasteiger partial charge is 0.369 e. The van der Waals surface area contributed by atoms with E-state index in [-0.39, 0.29) is 5.69 Å². The van der Waals surface area contributed by atoms with Gasteiger partial charge in [0, 0.05) is 48.9 Å². The van der Waals surface area contributed by atoms with Gasteiger partial charge in [0.25, 0.3) is 5.69 Å². The lowest BCUT2D eigenvalue weighted by Crippen LogP contribution is -2.27. The lowest BCUT2D eigenvalue weighted by Gasteiger charge is -2.22. The number of non-ortho nitro benzene ring substituents is 1. The maximum absolute atomic E-state index is 10.8. The summed E-state index contributed by atoms with van der Waals surface area (Å²) in [4.78, 5) is 16.7. The zero-order valence-electron chi connectivity index (χ0n) is 12.9. The van der Waals surface area contributed by atoms with Gasteiger partial charge in [0.1, 0.15) is 0 Å². The van der Waals surface area contributed by atoms with Crippen LogP contribution in [-0.2, 0) is 0 Å². The van der Waals surface area contributed by atoms with Crippen LogP contribution >= 0.6 is 23.2 Å². The molecular weight excluding hydrogens is 349 g/mol. The van der Waals surface area contributed by atoms with Crippen LogP contribution < -0.4 is 4.90 Å². The summed E-state index contributed by atoms with van der Waals surface area (Å²) in [5.74, 6) is 1.07. The van der Waals surface area contributed by atoms with E-state index in [1.165, 1.54) is 12.1 Å². The molecule has 0 saturated heterocycles. The third-order valence-corrected chi connectivity index (χ3v) is 3.71. The summed E-state index contributed by atoms with van der Waals surface area (Å²) in [7, 11) is 0. The minimum absolute atomic E-state index is 0.0257. The normalized spacial score (nSPS) is 10.9. The Morgan fingerprint density at radius 3 is 2.33 bits per heavy atom. The molecule has 5 nitrogen and oxygen atoms in total. The molecule has 0 N–H and O–H groups in total. The number of benzene rings is 2. The minimum atomic E-state index is -0.434. The Hall–Kier alpha value is -2.11. The first-order chi connectivity index (χ1) is 11.6. The number of nitrogens with zero attached hydrogens (tertiary/aromatic N) is 3. The van der Waals surface area contributed by atoms with Crippen LogP contribution in [0.1, 0.15) is 5.56 Å². The molecule has 2 aromatic rings. The van der Waals surface area contributed by atoms with Crippen molar-refractivity contribution in [2.24, 2.45) is 4.99 Å². The smallest absolute Gasteiger partial charge is 0.271 e. The SMILES string of the molecule is O=[N+]([O-])c1cccc(N=Cc2ccc(N(CCCl)CCCl)cc2)c1. The molecule has 0 amide bonds. The van der Waals surface area contributed by atoms with Gasteiger partial charge in [-0.2, -0.15) is 0 Å². The average Bonchev–Trinajstić information content (AvgIpc) is 2.60. The van der Waals surface area contributed by atoms with E-state index in [1.807, 2.05) is 24.3 Å². The predicted molar refractivity (Wildman–Crippen MR) is 100 cm³/mol. The van der Waals surface area contributed by atoms with Crippen LogP contribution in [0, 0.1) is 10.1 Å². The topological polar surface area (TPSA) is 58.7 Å². The molecule has 2 rings (SSSR count). The molecule has 0 aliphatic rings. The third-order valence-electron chi connectivity index (χ3n) is 3.37. The number of alkyl halides is 2. The second-order valence-electron chi connectivity index (χ2n) is 4.99. The first-order valence-corrected chi connectivity index (χ1v) is 8.46. The molecule has 0 aliphatic carbocycles. The molecule has 0 aliphatic heterocycles. The van der Waals surface area contributed by atoms with E-state index in [1.54, 1.807) is 18.3 Å². The van der Waals surface area contributed by atoms with Crippen LogP contribution in [-0.4, -0.2) is 36.0 Å². The second kappa shape index (κ2) is 9.25. The van der Waals surface area contributed by atoms with E-state index >= 15 is 0 Å². The van der Waals surface area contributed by atoms with Gasteiger partial charge in [-0.1, -0.05) is 18.2 Å². The van der Waals surface area contributed by atoms with Gasteiger partial charge >= 0.3 is 0 Å². The third kappa shape index (κ3) is 5.22. The second-order valence-corrected chi connectivity index (χ2v) is 5.75. The van der Waals surface area contributed by atoms with Crippen molar-refractivity contribution in [1.29, 1.82) is 0 Å². The van der Waals surface area contributed by atoms with E-state index < -0.39 is 4.92 Å². The number of hydrogen-bond donors (Lipinski definition) is 0. The van der Waals surface area contributed by atoms with Crippen molar-refractivity contribution in [1.82, 2.24) is 0 Å². The van der Waals surface area contributed by atoms with Crippen LogP contribution in [0.3, 0.4) is 0 Å². The molecule has 0 fully saturated rings. The molecule has 0 unspecified atom stereocenters. The number of nitro groups is 1. The molecule has 0 aromatic heterocycles. The lowest BCUT2D eigenvalue weighted by atomic mass is 10.2. The molecule has 0 atom stereocenters. The Bertz CT molecular complexity index is 699. The standard InChI is InChI=1S/C17H17Cl2N3O2/c18-8-10-21(11-9-19)16-6-4-14(5-7-16)13-20-15-2-1-3-17(12-15)22(23)24/h1-7,12-13H,8-11H2. The zero-order chi connectivity index (χ0) is 17.4. The van der Waals surface area contributed by atoms with Crippen LogP contribution in [0.2, 0.25) is 0 Å². The monoisotopic (exact) mass is 365 g/mol. The highest BCUT2D eigenvalue weighted by Gasteiger charge is 2.06. The van der Waals surface area contributed by atoms with E-state index in [0.717, 1.165) is 24.3 Å². The van der Waals surface area contributed by atoms with Gasteiger partial charge in [0.2, 0.25) is 0 Å². The van der Waals surface area contributed by atoms with Crippen LogP contribution in [0.5, 0.6) is 0 Å². The Morgan fingerprint density at radius 2 is 1.75 bits per heavy atom. The quantitative estimate of drug-likeness (QED) is 0.296. The van der Waals surface area contributed by atoms with Gasteiger partial charge in [-0.3, -0.25) is 15.1 Å². The van der Waals surface area contributed by atoms with Crippen molar-refractivity contribution in [2.45, 2.75) is 0 Å². The average molecular weight is 366 g/mol. The maximum atomic E-state index is 10.8. The minimum Gasteiger partial charge on any atom is -0.369 e. The van der Waals surface area contributed by atoms with Crippen molar-refractivity contribution in [2.75, 3.05) is 29.7 Å². The summed E-state index contributed by atoms with van der Waals surface area (Å²) in [5, 5.41) is 10.8. The Labute approximate surface area is 150 Å². The first kappa shape index (κ1) is 18.2. The van der Waals surface area contributed by atoms with Crippen LogP contribution in [0.4, 0.5) is 17.1 Å². The van der Waals surface area contributed by atoms with E-state index in [4.69, 9.17) is 23.2 Å². The summed E-state index contributed by atoms with van der Waals surface area (Å²) in [5.41, 5.74) is 2.52. The Balaban J connectivity index is 2.10. The predicted octanol–water partition coefficient (Wildman–Crippen LogP) is 4.63. The molecule has 0 heterocycles. The number of aliphatic imine (C=N–C) groups is 1. The van der Waals surface area contributed by atoms with Crippen molar-refractivity contribution >= 4 is 46.5 Å². The lowest BCUT2D eigenvalue weighted by molar-refractivity contribution is -0.384. The highest BCUT2D eigenvalue weighted by molar-refractivity contribution is 6.18. The molecular formula is C17H17Cl2N3O2. The number of hydrogen-bond acceptors (Lipinski definition) is 4. The molecule has 24 heavy (non-hydrogen) atoms. The van der Waals surface area contributed by atoms with Gasteiger partial charge in [-0.05, 0) is 23.8 Å². The van der Waals surface area contributed by atoms with Crippen molar-refractivity contribution in [3.8, 4) is 0 Å². The summed E-state index contributed by atoms with van der Waals surface area (Å²) < 4.78 is 0. The van der Waals surface area contributed by atoms with Crippen molar-refractivity contribution in [3.05, 3.63) is 64.2 Å². The van der Waals surface area contributed by atoms with Gasteiger partial charge in [-0.25, -0.2) is 0 Å².